The summed E-state index contributed by atoms with van der Waals surface area (Å²) in [6, 6.07) is 0. The fraction of sp³-hybridized carbons (Fsp3) is 0.200. The standard InChI is InChI=1S/C5H8ClN/c1-4(3-7)5(2)6/h3H,2,7H2,1H3/b4-3-. The Morgan fingerprint density at radius 2 is 2.29 bits per heavy atom. The molecule has 0 amide bonds. The van der Waals surface area contributed by atoms with E-state index in [1.165, 1.54) is 6.20 Å². The summed E-state index contributed by atoms with van der Waals surface area (Å²) in [6.07, 6.45) is 1.43. The van der Waals surface area contributed by atoms with Crippen LogP contribution in [0.15, 0.2) is 23.4 Å². The molecule has 0 saturated carbocycles. The lowest BCUT2D eigenvalue weighted by Crippen LogP contribution is -1.81. The maximum absolute atomic E-state index is 5.39. The molecule has 0 bridgehead atoms. The smallest absolute Gasteiger partial charge is 0.0377 e. The third kappa shape index (κ3) is 2.29. The Hall–Kier alpha value is -0.430. The normalized spacial score (nSPS) is 11.4. The first-order valence-electron chi connectivity index (χ1n) is 1.91. The highest BCUT2D eigenvalue weighted by molar-refractivity contribution is 6.31. The monoisotopic (exact) mass is 117 g/mol. The van der Waals surface area contributed by atoms with Crippen LogP contribution in [0.25, 0.3) is 0 Å². The van der Waals surface area contributed by atoms with E-state index >= 15 is 0 Å². The van der Waals surface area contributed by atoms with E-state index in [9.17, 15) is 0 Å². The largest absolute Gasteiger partial charge is 0.404 e. The van der Waals surface area contributed by atoms with Gasteiger partial charge in [0.2, 0.25) is 0 Å². The third-order valence-electron chi connectivity index (χ3n) is 0.678. The summed E-state index contributed by atoms with van der Waals surface area (Å²) in [5.41, 5.74) is 5.89. The molecule has 0 atom stereocenters. The molecule has 0 heterocycles. The molecule has 1 nitrogen and oxygen atoms in total. The minimum Gasteiger partial charge on any atom is -0.404 e. The van der Waals surface area contributed by atoms with Crippen molar-refractivity contribution in [2.45, 2.75) is 6.92 Å². The minimum atomic E-state index is 0.502. The molecule has 0 aromatic rings. The molecule has 0 unspecified atom stereocenters. The van der Waals surface area contributed by atoms with E-state index in [1.807, 2.05) is 0 Å². The van der Waals surface area contributed by atoms with Crippen LogP contribution >= 0.6 is 11.6 Å². The lowest BCUT2D eigenvalue weighted by Gasteiger charge is -1.89. The van der Waals surface area contributed by atoms with Crippen LogP contribution in [-0.4, -0.2) is 0 Å². The Kier molecular flexibility index (Phi) is 2.53. The molecule has 0 aromatic heterocycles. The maximum atomic E-state index is 5.39. The highest BCUT2D eigenvalue weighted by atomic mass is 35.5. The van der Waals surface area contributed by atoms with Gasteiger partial charge in [-0.25, -0.2) is 0 Å². The minimum absolute atomic E-state index is 0.502. The second-order valence-corrected chi connectivity index (χ2v) is 1.71. The van der Waals surface area contributed by atoms with Crippen molar-refractivity contribution in [3.63, 3.8) is 0 Å². The van der Waals surface area contributed by atoms with Crippen molar-refractivity contribution >= 4 is 11.6 Å². The molecule has 0 aliphatic heterocycles. The maximum Gasteiger partial charge on any atom is 0.0377 e. The van der Waals surface area contributed by atoms with E-state index in [0.717, 1.165) is 5.57 Å². The zero-order chi connectivity index (χ0) is 5.86. The van der Waals surface area contributed by atoms with Crippen molar-refractivity contribution in [1.82, 2.24) is 0 Å². The summed E-state index contributed by atoms with van der Waals surface area (Å²) in [4.78, 5) is 0. The second kappa shape index (κ2) is 2.69. The topological polar surface area (TPSA) is 26.0 Å². The number of hydrogen-bond donors (Lipinski definition) is 1. The summed E-state index contributed by atoms with van der Waals surface area (Å²) in [5, 5.41) is 0.502. The van der Waals surface area contributed by atoms with Gasteiger partial charge in [-0.15, -0.1) is 0 Å². The average Bonchev–Trinajstić information content (AvgIpc) is 1.65. The number of hydrogen-bond acceptors (Lipinski definition) is 1. The van der Waals surface area contributed by atoms with Gasteiger partial charge in [-0.1, -0.05) is 18.2 Å². The Balaban J connectivity index is 3.82. The Labute approximate surface area is 48.5 Å². The van der Waals surface area contributed by atoms with Crippen LogP contribution in [0.1, 0.15) is 6.92 Å². The van der Waals surface area contributed by atoms with Crippen molar-refractivity contribution in [1.29, 1.82) is 0 Å². The summed E-state index contributed by atoms with van der Waals surface area (Å²) in [6.45, 7) is 5.24. The van der Waals surface area contributed by atoms with Crippen molar-refractivity contribution < 1.29 is 0 Å². The van der Waals surface area contributed by atoms with Crippen LogP contribution in [-0.2, 0) is 0 Å². The van der Waals surface area contributed by atoms with Crippen LogP contribution in [0.3, 0.4) is 0 Å². The van der Waals surface area contributed by atoms with E-state index in [2.05, 4.69) is 6.58 Å². The van der Waals surface area contributed by atoms with Gasteiger partial charge in [0, 0.05) is 5.03 Å². The Bertz CT molecular complexity index is 105. The highest BCUT2D eigenvalue weighted by Crippen LogP contribution is 2.07. The second-order valence-electron chi connectivity index (χ2n) is 1.25. The van der Waals surface area contributed by atoms with Gasteiger partial charge >= 0.3 is 0 Å². The third-order valence-corrected chi connectivity index (χ3v) is 0.976. The van der Waals surface area contributed by atoms with Crippen molar-refractivity contribution in [3.05, 3.63) is 23.4 Å². The van der Waals surface area contributed by atoms with E-state index in [1.54, 1.807) is 6.92 Å². The average molecular weight is 118 g/mol. The molecule has 2 heteroatoms. The van der Waals surface area contributed by atoms with Crippen molar-refractivity contribution in [3.8, 4) is 0 Å². The predicted octanol–water partition coefficient (Wildman–Crippen LogP) is 1.60. The lowest BCUT2D eigenvalue weighted by molar-refractivity contribution is 1.42. The highest BCUT2D eigenvalue weighted by Gasteiger charge is 1.85. The van der Waals surface area contributed by atoms with Crippen LogP contribution in [0.5, 0.6) is 0 Å². The number of halogens is 1. The molecule has 0 aliphatic rings. The molecule has 0 aromatic carbocycles. The molecular weight excluding hydrogens is 110 g/mol. The zero-order valence-electron chi connectivity index (χ0n) is 4.24. The molecule has 2 N–H and O–H groups in total. The first kappa shape index (κ1) is 6.57. The Morgan fingerprint density at radius 1 is 1.86 bits per heavy atom. The first-order chi connectivity index (χ1) is 3.18. The molecule has 0 spiro atoms. The van der Waals surface area contributed by atoms with Gasteiger partial charge in [-0.3, -0.25) is 0 Å². The molecule has 7 heavy (non-hydrogen) atoms. The van der Waals surface area contributed by atoms with Gasteiger partial charge in [0.1, 0.15) is 0 Å². The Morgan fingerprint density at radius 3 is 2.29 bits per heavy atom. The number of rotatable bonds is 1. The van der Waals surface area contributed by atoms with Crippen LogP contribution in [0, 0.1) is 0 Å². The molecular formula is C5H8ClN. The molecule has 40 valence electrons. The van der Waals surface area contributed by atoms with Crippen LogP contribution < -0.4 is 5.73 Å². The molecule has 0 saturated heterocycles. The van der Waals surface area contributed by atoms with Gasteiger partial charge in [-0.2, -0.15) is 0 Å². The van der Waals surface area contributed by atoms with Gasteiger partial charge in [0.15, 0.2) is 0 Å². The molecule has 0 fully saturated rings. The first-order valence-corrected chi connectivity index (χ1v) is 2.29. The van der Waals surface area contributed by atoms with E-state index in [-0.39, 0.29) is 0 Å². The fourth-order valence-electron chi connectivity index (χ4n) is 0.0904. The summed E-state index contributed by atoms with van der Waals surface area (Å²) < 4.78 is 0. The fourth-order valence-corrected chi connectivity index (χ4v) is 0.153. The lowest BCUT2D eigenvalue weighted by atomic mass is 10.3. The van der Waals surface area contributed by atoms with Crippen LogP contribution in [0.2, 0.25) is 0 Å². The summed E-state index contributed by atoms with van der Waals surface area (Å²) in [7, 11) is 0. The predicted molar refractivity (Wildman–Crippen MR) is 32.9 cm³/mol. The van der Waals surface area contributed by atoms with Crippen molar-refractivity contribution in [2.24, 2.45) is 5.73 Å². The van der Waals surface area contributed by atoms with Gasteiger partial charge in [-0.05, 0) is 18.7 Å². The van der Waals surface area contributed by atoms with E-state index in [4.69, 9.17) is 17.3 Å². The summed E-state index contributed by atoms with van der Waals surface area (Å²) >= 11 is 5.39. The number of allylic oxidation sites excluding steroid dienone is 2. The van der Waals surface area contributed by atoms with Gasteiger partial charge in [0.05, 0.1) is 0 Å². The van der Waals surface area contributed by atoms with E-state index < -0.39 is 0 Å². The van der Waals surface area contributed by atoms with Gasteiger partial charge in [0.25, 0.3) is 0 Å². The van der Waals surface area contributed by atoms with Crippen LogP contribution in [0.4, 0.5) is 0 Å². The van der Waals surface area contributed by atoms with Crippen molar-refractivity contribution in [2.75, 3.05) is 0 Å². The number of nitrogens with two attached hydrogens (primary N) is 1. The molecule has 0 radical (unpaired) electrons. The SMILES string of the molecule is C=C(Cl)/C(C)=C\N. The molecule has 0 aliphatic carbocycles. The van der Waals surface area contributed by atoms with Gasteiger partial charge < -0.3 is 5.73 Å². The quantitative estimate of drug-likeness (QED) is 0.519. The van der Waals surface area contributed by atoms with E-state index in [0.29, 0.717) is 5.03 Å². The summed E-state index contributed by atoms with van der Waals surface area (Å²) in [5.74, 6) is 0. The zero-order valence-corrected chi connectivity index (χ0v) is 5.00. The molecule has 0 rings (SSSR count).